The van der Waals surface area contributed by atoms with E-state index in [1.165, 1.54) is 7.05 Å². The summed E-state index contributed by atoms with van der Waals surface area (Å²) in [6, 6.07) is 3.49. The lowest BCUT2D eigenvalue weighted by Gasteiger charge is -2.17. The molecule has 0 aliphatic heterocycles. The monoisotopic (exact) mass is 312 g/mol. The molecule has 4 nitrogen and oxygen atoms in total. The molecule has 1 rings (SSSR count). The molecule has 0 aliphatic carbocycles. The van der Waals surface area contributed by atoms with Gasteiger partial charge in [-0.25, -0.2) is 8.42 Å². The number of rotatable bonds is 4. The van der Waals surface area contributed by atoms with Gasteiger partial charge in [-0.05, 0) is 18.2 Å². The molecule has 0 heterocycles. The Morgan fingerprint density at radius 3 is 2.47 bits per heavy atom. The van der Waals surface area contributed by atoms with Crippen LogP contribution in [0.3, 0.4) is 0 Å². The van der Waals surface area contributed by atoms with E-state index in [1.807, 2.05) is 0 Å². The summed E-state index contributed by atoms with van der Waals surface area (Å²) in [5, 5.41) is 0. The number of alkyl halides is 3. The van der Waals surface area contributed by atoms with E-state index in [1.54, 1.807) is 0 Å². The van der Waals surface area contributed by atoms with Crippen LogP contribution in [0.5, 0.6) is 0 Å². The molecule has 1 aromatic rings. The Morgan fingerprint density at radius 1 is 1.42 bits per heavy atom. The van der Waals surface area contributed by atoms with Crippen LogP contribution in [0, 0.1) is 0 Å². The Bertz CT molecular complexity index is 585. The number of nitrogens with zero attached hydrogens (tertiary/aromatic N) is 1. The minimum atomic E-state index is -4.60. The maximum absolute atomic E-state index is 12.5. The van der Waals surface area contributed by atoms with Crippen molar-refractivity contribution in [1.29, 1.82) is 0 Å². The van der Waals surface area contributed by atoms with Crippen molar-refractivity contribution in [3.63, 3.8) is 0 Å². The minimum absolute atomic E-state index is 0.0712. The summed E-state index contributed by atoms with van der Waals surface area (Å²) in [4.78, 5) is -0.529. The first-order valence-electron chi connectivity index (χ1n) is 4.97. The van der Waals surface area contributed by atoms with Crippen molar-refractivity contribution < 1.29 is 21.6 Å². The van der Waals surface area contributed by atoms with Crippen molar-refractivity contribution in [2.45, 2.75) is 11.1 Å². The predicted molar refractivity (Wildman–Crippen MR) is 68.0 cm³/mol. The highest BCUT2D eigenvalue weighted by Gasteiger charge is 2.32. The van der Waals surface area contributed by atoms with Gasteiger partial charge in [0.2, 0.25) is 10.0 Å². The Balaban J connectivity index is 3.19. The average Bonchev–Trinajstić information content (AvgIpc) is 2.27. The van der Waals surface area contributed by atoms with Gasteiger partial charge in [-0.3, -0.25) is 0 Å². The Kier molecular flexibility index (Phi) is 4.54. The van der Waals surface area contributed by atoms with E-state index in [4.69, 9.17) is 5.73 Å². The van der Waals surface area contributed by atoms with E-state index < -0.39 is 26.7 Å². The van der Waals surface area contributed by atoms with Gasteiger partial charge in [-0.2, -0.15) is 17.5 Å². The van der Waals surface area contributed by atoms with Crippen LogP contribution in [-0.4, -0.2) is 31.3 Å². The van der Waals surface area contributed by atoms with Gasteiger partial charge >= 0.3 is 6.18 Å². The summed E-state index contributed by atoms with van der Waals surface area (Å²) in [5.41, 5.74) is 4.18. The molecule has 0 bridgehead atoms. The second-order valence-corrected chi connectivity index (χ2v) is 6.32. The normalized spacial score (nSPS) is 12.7. The van der Waals surface area contributed by atoms with E-state index in [-0.39, 0.29) is 11.5 Å². The lowest BCUT2D eigenvalue weighted by Crippen LogP contribution is -2.34. The van der Waals surface area contributed by atoms with Gasteiger partial charge in [0.15, 0.2) is 0 Å². The van der Waals surface area contributed by atoms with E-state index in [0.29, 0.717) is 6.07 Å². The summed E-state index contributed by atoms with van der Waals surface area (Å²) in [6.45, 7) is -0.242. The summed E-state index contributed by atoms with van der Waals surface area (Å²) >= 11 is 4.57. The van der Waals surface area contributed by atoms with Crippen LogP contribution in [0.15, 0.2) is 29.2 Å². The van der Waals surface area contributed by atoms with E-state index in [0.717, 1.165) is 22.5 Å². The summed E-state index contributed by atoms with van der Waals surface area (Å²) in [7, 11) is -2.86. The van der Waals surface area contributed by atoms with Crippen LogP contribution in [0.4, 0.5) is 13.2 Å². The molecule has 0 aromatic heterocycles. The second-order valence-electron chi connectivity index (χ2n) is 3.75. The number of hydrogen-bond acceptors (Lipinski definition) is 3. The fraction of sp³-hybridized carbons (Fsp3) is 0.300. The standard InChI is InChI=1S/C10H11F3N2O2S2/c1-15(6-9(14)18)19(16,17)8-4-2-3-7(5-8)10(11,12)13/h2-5H,6H2,1H3,(H2,14,18). The van der Waals surface area contributed by atoms with Crippen LogP contribution in [0.25, 0.3) is 0 Å². The Labute approximate surface area is 114 Å². The smallest absolute Gasteiger partial charge is 0.392 e. The fourth-order valence-corrected chi connectivity index (χ4v) is 2.79. The first-order valence-corrected chi connectivity index (χ1v) is 6.82. The molecular weight excluding hydrogens is 301 g/mol. The topological polar surface area (TPSA) is 63.4 Å². The molecule has 106 valence electrons. The minimum Gasteiger partial charge on any atom is -0.392 e. The molecule has 9 heteroatoms. The van der Waals surface area contributed by atoms with E-state index in [9.17, 15) is 21.6 Å². The molecular formula is C10H11F3N2O2S2. The maximum Gasteiger partial charge on any atom is 0.416 e. The molecule has 0 saturated carbocycles. The maximum atomic E-state index is 12.5. The molecule has 0 saturated heterocycles. The zero-order chi connectivity index (χ0) is 14.8. The van der Waals surface area contributed by atoms with Crippen molar-refractivity contribution in [2.24, 2.45) is 5.73 Å². The molecule has 0 radical (unpaired) electrons. The third kappa shape index (κ3) is 3.88. The molecule has 0 unspecified atom stereocenters. The molecule has 0 amide bonds. The Morgan fingerprint density at radius 2 is 2.00 bits per heavy atom. The van der Waals surface area contributed by atoms with Crippen molar-refractivity contribution in [2.75, 3.05) is 13.6 Å². The molecule has 0 atom stereocenters. The molecule has 2 N–H and O–H groups in total. The summed E-state index contributed by atoms with van der Waals surface area (Å²) in [6.07, 6.45) is -4.60. The first kappa shape index (κ1) is 15.9. The summed E-state index contributed by atoms with van der Waals surface area (Å²) in [5.74, 6) is 0. The van der Waals surface area contributed by atoms with Crippen LogP contribution in [0.2, 0.25) is 0 Å². The number of sulfonamides is 1. The largest absolute Gasteiger partial charge is 0.416 e. The lowest BCUT2D eigenvalue weighted by atomic mass is 10.2. The third-order valence-corrected chi connectivity index (χ3v) is 4.18. The number of nitrogens with two attached hydrogens (primary N) is 1. The summed E-state index contributed by atoms with van der Waals surface area (Å²) < 4.78 is 62.3. The van der Waals surface area contributed by atoms with Crippen LogP contribution >= 0.6 is 12.2 Å². The quantitative estimate of drug-likeness (QED) is 0.858. The van der Waals surface area contributed by atoms with Gasteiger partial charge in [-0.1, -0.05) is 18.3 Å². The van der Waals surface area contributed by atoms with Gasteiger partial charge in [0.25, 0.3) is 0 Å². The fourth-order valence-electron chi connectivity index (χ4n) is 1.32. The molecule has 1 aromatic carbocycles. The van der Waals surface area contributed by atoms with Gasteiger partial charge < -0.3 is 5.73 Å². The van der Waals surface area contributed by atoms with Gasteiger partial charge in [-0.15, -0.1) is 0 Å². The number of thiocarbonyl (C=S) groups is 1. The Hall–Kier alpha value is -1.19. The van der Waals surface area contributed by atoms with Crippen LogP contribution in [0.1, 0.15) is 5.56 Å². The van der Waals surface area contributed by atoms with Crippen molar-refractivity contribution in [3.8, 4) is 0 Å². The van der Waals surface area contributed by atoms with Gasteiger partial charge in [0.05, 0.1) is 22.0 Å². The number of halogens is 3. The van der Waals surface area contributed by atoms with Crippen molar-refractivity contribution in [1.82, 2.24) is 4.31 Å². The van der Waals surface area contributed by atoms with E-state index >= 15 is 0 Å². The third-order valence-electron chi connectivity index (χ3n) is 2.25. The van der Waals surface area contributed by atoms with Crippen molar-refractivity contribution >= 4 is 27.2 Å². The van der Waals surface area contributed by atoms with Gasteiger partial charge in [0.1, 0.15) is 0 Å². The molecule has 19 heavy (non-hydrogen) atoms. The lowest BCUT2D eigenvalue weighted by molar-refractivity contribution is -0.137. The second kappa shape index (κ2) is 5.43. The number of likely N-dealkylation sites (N-methyl/N-ethyl adjacent to an activating group) is 1. The van der Waals surface area contributed by atoms with E-state index in [2.05, 4.69) is 12.2 Å². The zero-order valence-electron chi connectivity index (χ0n) is 9.81. The number of benzene rings is 1. The van der Waals surface area contributed by atoms with Gasteiger partial charge in [0, 0.05) is 7.05 Å². The highest BCUT2D eigenvalue weighted by atomic mass is 32.2. The predicted octanol–water partition coefficient (Wildman–Crippen LogP) is 1.61. The molecule has 0 fully saturated rings. The zero-order valence-corrected chi connectivity index (χ0v) is 11.4. The number of hydrogen-bond donors (Lipinski definition) is 1. The SMILES string of the molecule is CN(CC(N)=S)S(=O)(=O)c1cccc(C(F)(F)F)c1. The molecule has 0 spiro atoms. The molecule has 0 aliphatic rings. The average molecular weight is 312 g/mol. The van der Waals surface area contributed by atoms with Crippen LogP contribution < -0.4 is 5.73 Å². The van der Waals surface area contributed by atoms with Crippen LogP contribution in [-0.2, 0) is 16.2 Å². The highest BCUT2D eigenvalue weighted by molar-refractivity contribution is 7.89. The highest BCUT2D eigenvalue weighted by Crippen LogP contribution is 2.30. The van der Waals surface area contributed by atoms with Crippen molar-refractivity contribution in [3.05, 3.63) is 29.8 Å². The first-order chi connectivity index (χ1) is 8.55.